The van der Waals surface area contributed by atoms with E-state index in [0.29, 0.717) is 16.1 Å². The third kappa shape index (κ3) is 6.65. The molecule has 1 aliphatic heterocycles. The van der Waals surface area contributed by atoms with Gasteiger partial charge in [-0.05, 0) is 50.6 Å². The topological polar surface area (TPSA) is 97.8 Å². The Balaban J connectivity index is 1.97. The molecule has 0 unspecified atom stereocenters. The number of thioether (sulfide) groups is 1. The Hall–Kier alpha value is -3.28. The number of halogens is 3. The number of alkyl halides is 3. The van der Waals surface area contributed by atoms with Gasteiger partial charge in [-0.15, -0.1) is 11.8 Å². The molecule has 0 spiro atoms. The van der Waals surface area contributed by atoms with Gasteiger partial charge >= 0.3 is 18.2 Å². The number of esters is 1. The van der Waals surface area contributed by atoms with Crippen LogP contribution in [-0.2, 0) is 27.0 Å². The van der Waals surface area contributed by atoms with E-state index in [0.717, 1.165) is 12.3 Å². The smallest absolute Gasteiger partial charge is 0.433 e. The summed E-state index contributed by atoms with van der Waals surface area (Å²) in [7, 11) is 1.22. The molecule has 2 aromatic rings. The highest BCUT2D eigenvalue weighted by molar-refractivity contribution is 7.99. The Labute approximate surface area is 204 Å². The number of fused-ring (bicyclic) bond motifs is 1. The number of alkyl carbamates (subject to hydrolysis) is 1. The van der Waals surface area contributed by atoms with Crippen molar-refractivity contribution in [3.05, 3.63) is 53.3 Å². The molecule has 0 saturated carbocycles. The van der Waals surface area contributed by atoms with Crippen LogP contribution in [0.5, 0.6) is 0 Å². The van der Waals surface area contributed by atoms with E-state index in [1.54, 1.807) is 32.9 Å². The van der Waals surface area contributed by atoms with Crippen LogP contribution in [-0.4, -0.2) is 47.5 Å². The van der Waals surface area contributed by atoms with Crippen molar-refractivity contribution in [3.8, 4) is 0 Å². The summed E-state index contributed by atoms with van der Waals surface area (Å²) in [6.45, 7) is 4.91. The summed E-state index contributed by atoms with van der Waals surface area (Å²) >= 11 is 1.28. The number of carbonyl (C=O) groups excluding carboxylic acids is 3. The van der Waals surface area contributed by atoms with Crippen LogP contribution in [0, 0.1) is 0 Å². The van der Waals surface area contributed by atoms with Crippen molar-refractivity contribution in [2.75, 3.05) is 17.8 Å². The van der Waals surface area contributed by atoms with Gasteiger partial charge in [-0.1, -0.05) is 6.07 Å². The molecule has 1 aliphatic rings. The molecule has 12 heteroatoms. The number of nitrogens with one attached hydrogen (secondary N) is 1. The molecular formula is C23H24F3N3O5S. The highest BCUT2D eigenvalue weighted by Crippen LogP contribution is 2.36. The lowest BCUT2D eigenvalue weighted by molar-refractivity contribution is -0.141. The molecule has 3 rings (SSSR count). The molecule has 1 N–H and O–H groups in total. The molecule has 0 bridgehead atoms. The summed E-state index contributed by atoms with van der Waals surface area (Å²) < 4.78 is 48.8. The number of carbonyl (C=O) groups is 3. The van der Waals surface area contributed by atoms with Crippen molar-refractivity contribution in [2.24, 2.45) is 0 Å². The molecule has 1 aromatic carbocycles. The maximum Gasteiger partial charge on any atom is 0.433 e. The lowest BCUT2D eigenvalue weighted by atomic mass is 10.1. The fourth-order valence-electron chi connectivity index (χ4n) is 3.23. The van der Waals surface area contributed by atoms with Gasteiger partial charge in [0.05, 0.1) is 24.9 Å². The average molecular weight is 512 g/mol. The molecule has 188 valence electrons. The molecule has 0 aliphatic carbocycles. The lowest BCUT2D eigenvalue weighted by Gasteiger charge is -2.27. The number of amides is 2. The van der Waals surface area contributed by atoms with Crippen molar-refractivity contribution in [1.82, 2.24) is 10.3 Å². The Kier molecular flexibility index (Phi) is 7.63. The minimum absolute atomic E-state index is 0.144. The first-order valence-corrected chi connectivity index (χ1v) is 11.5. The van der Waals surface area contributed by atoms with Gasteiger partial charge in [0.2, 0.25) is 0 Å². The number of benzene rings is 1. The Morgan fingerprint density at radius 2 is 1.91 bits per heavy atom. The SMILES string of the molecule is COC(=O)c1ccc2c(c1)N(Cc1ccc(C(F)(F)F)nc1)C(=O)[C@@H](NC(=O)OC(C)(C)C)CS2. The van der Waals surface area contributed by atoms with Crippen LogP contribution in [0.1, 0.15) is 42.4 Å². The molecule has 0 fully saturated rings. The van der Waals surface area contributed by atoms with Gasteiger partial charge in [0.15, 0.2) is 0 Å². The van der Waals surface area contributed by atoms with Crippen LogP contribution >= 0.6 is 11.8 Å². The number of pyridine rings is 1. The Bertz CT molecular complexity index is 1120. The summed E-state index contributed by atoms with van der Waals surface area (Å²) in [4.78, 5) is 43.3. The zero-order valence-corrected chi connectivity index (χ0v) is 20.2. The maximum atomic E-state index is 13.5. The second kappa shape index (κ2) is 10.1. The quantitative estimate of drug-likeness (QED) is 0.607. The lowest BCUT2D eigenvalue weighted by Crippen LogP contribution is -2.50. The number of anilines is 1. The van der Waals surface area contributed by atoms with E-state index in [1.165, 1.54) is 35.9 Å². The van der Waals surface area contributed by atoms with Gasteiger partial charge in [0.1, 0.15) is 17.3 Å². The number of rotatable bonds is 4. The minimum atomic E-state index is -4.60. The zero-order valence-electron chi connectivity index (χ0n) is 19.4. The van der Waals surface area contributed by atoms with Crippen LogP contribution in [0.4, 0.5) is 23.7 Å². The van der Waals surface area contributed by atoms with Crippen molar-refractivity contribution in [2.45, 2.75) is 50.0 Å². The minimum Gasteiger partial charge on any atom is -0.465 e. The molecule has 1 aromatic heterocycles. The molecular weight excluding hydrogens is 487 g/mol. The summed E-state index contributed by atoms with van der Waals surface area (Å²) in [6.07, 6.45) is -4.35. The standard InChI is InChI=1S/C23H24F3N3O5S/c1-22(2,3)34-21(32)28-15-12-35-17-7-6-14(20(31)33-4)9-16(17)29(19(15)30)11-13-5-8-18(27-10-13)23(24,25)26/h5-10,15H,11-12H2,1-4H3,(H,28,32)/t15-/m0/s1. The second-order valence-electron chi connectivity index (χ2n) is 8.66. The van der Waals surface area contributed by atoms with Gasteiger partial charge in [0.25, 0.3) is 5.91 Å². The van der Waals surface area contributed by atoms with Crippen LogP contribution < -0.4 is 10.2 Å². The number of aromatic nitrogens is 1. The number of ether oxygens (including phenoxy) is 2. The van der Waals surface area contributed by atoms with E-state index < -0.39 is 41.5 Å². The van der Waals surface area contributed by atoms with Gasteiger partial charge in [0, 0.05) is 16.8 Å². The number of methoxy groups -OCH3 is 1. The first-order valence-electron chi connectivity index (χ1n) is 10.5. The molecule has 2 heterocycles. The van der Waals surface area contributed by atoms with E-state index in [-0.39, 0.29) is 17.9 Å². The molecule has 0 saturated heterocycles. The molecule has 2 amide bonds. The van der Waals surface area contributed by atoms with Crippen LogP contribution in [0.15, 0.2) is 41.4 Å². The summed E-state index contributed by atoms with van der Waals surface area (Å²) in [5.41, 5.74) is -0.972. The van der Waals surface area contributed by atoms with Gasteiger partial charge in [-0.25, -0.2) is 9.59 Å². The van der Waals surface area contributed by atoms with E-state index >= 15 is 0 Å². The molecule has 8 nitrogen and oxygen atoms in total. The highest BCUT2D eigenvalue weighted by atomic mass is 32.2. The second-order valence-corrected chi connectivity index (χ2v) is 9.72. The van der Waals surface area contributed by atoms with Crippen LogP contribution in [0.25, 0.3) is 0 Å². The monoisotopic (exact) mass is 511 g/mol. The summed E-state index contributed by atoms with van der Waals surface area (Å²) in [6, 6.07) is 5.72. The number of nitrogens with zero attached hydrogens (tertiary/aromatic N) is 2. The van der Waals surface area contributed by atoms with E-state index in [4.69, 9.17) is 9.47 Å². The predicted molar refractivity (Wildman–Crippen MR) is 122 cm³/mol. The first kappa shape index (κ1) is 26.3. The Morgan fingerprint density at radius 3 is 2.49 bits per heavy atom. The van der Waals surface area contributed by atoms with Crippen LogP contribution in [0.3, 0.4) is 0 Å². The van der Waals surface area contributed by atoms with E-state index in [1.807, 2.05) is 0 Å². The van der Waals surface area contributed by atoms with Crippen molar-refractivity contribution in [3.63, 3.8) is 0 Å². The van der Waals surface area contributed by atoms with Gasteiger partial charge in [-0.2, -0.15) is 13.2 Å². The van der Waals surface area contributed by atoms with Gasteiger partial charge < -0.3 is 19.7 Å². The zero-order chi connectivity index (χ0) is 26.0. The molecule has 35 heavy (non-hydrogen) atoms. The largest absolute Gasteiger partial charge is 0.465 e. The Morgan fingerprint density at radius 1 is 1.20 bits per heavy atom. The first-order chi connectivity index (χ1) is 16.3. The number of hydrogen-bond acceptors (Lipinski definition) is 7. The van der Waals surface area contributed by atoms with Crippen molar-refractivity contribution < 1.29 is 37.0 Å². The normalized spacial score (nSPS) is 16.3. The predicted octanol–water partition coefficient (Wildman–Crippen LogP) is 4.42. The van der Waals surface area contributed by atoms with E-state index in [2.05, 4.69) is 10.3 Å². The number of hydrogen-bond donors (Lipinski definition) is 1. The highest BCUT2D eigenvalue weighted by Gasteiger charge is 2.35. The van der Waals surface area contributed by atoms with Crippen molar-refractivity contribution >= 4 is 35.4 Å². The summed E-state index contributed by atoms with van der Waals surface area (Å²) in [5, 5.41) is 2.56. The third-order valence-corrected chi connectivity index (χ3v) is 5.94. The molecule has 0 radical (unpaired) electrons. The fraction of sp³-hybridized carbons (Fsp3) is 0.391. The average Bonchev–Trinajstić information content (AvgIpc) is 2.89. The van der Waals surface area contributed by atoms with E-state index in [9.17, 15) is 27.6 Å². The third-order valence-electron chi connectivity index (χ3n) is 4.79. The molecule has 1 atom stereocenters. The maximum absolute atomic E-state index is 13.5. The van der Waals surface area contributed by atoms with Crippen molar-refractivity contribution in [1.29, 1.82) is 0 Å². The van der Waals surface area contributed by atoms with Crippen LogP contribution in [0.2, 0.25) is 0 Å². The fourth-order valence-corrected chi connectivity index (χ4v) is 4.28. The van der Waals surface area contributed by atoms with Gasteiger partial charge in [-0.3, -0.25) is 9.78 Å². The summed E-state index contributed by atoms with van der Waals surface area (Å²) in [5.74, 6) is -0.970.